The minimum absolute atomic E-state index is 0.00165. The second-order valence-corrected chi connectivity index (χ2v) is 8.40. The van der Waals surface area contributed by atoms with Gasteiger partial charge in [0.1, 0.15) is 17.6 Å². The van der Waals surface area contributed by atoms with Gasteiger partial charge in [-0.05, 0) is 42.5 Å². The number of benzene rings is 2. The van der Waals surface area contributed by atoms with Crippen LogP contribution in [0.15, 0.2) is 65.6 Å². The second kappa shape index (κ2) is 14.1. The number of H-pyrrole nitrogens is 1. The first-order valence-electron chi connectivity index (χ1n) is 12.1. The summed E-state index contributed by atoms with van der Waals surface area (Å²) < 4.78 is 32.1. The number of aromatic nitrogens is 4. The number of rotatable bonds is 10. The van der Waals surface area contributed by atoms with Crippen molar-refractivity contribution in [3.63, 3.8) is 0 Å². The number of hydrogen-bond donors (Lipinski definition) is 5. The van der Waals surface area contributed by atoms with Crippen LogP contribution in [0.4, 0.5) is 10.1 Å². The molecule has 4 aromatic rings. The predicted octanol–water partition coefficient (Wildman–Crippen LogP) is 2.23. The van der Waals surface area contributed by atoms with Gasteiger partial charge in [0.15, 0.2) is 29.8 Å². The maximum absolute atomic E-state index is 15.8. The van der Waals surface area contributed by atoms with Gasteiger partial charge in [0.25, 0.3) is 5.97 Å². The molecule has 0 saturated heterocycles. The summed E-state index contributed by atoms with van der Waals surface area (Å²) in [4.78, 5) is 40.2. The molecule has 0 fully saturated rings. The van der Waals surface area contributed by atoms with Gasteiger partial charge < -0.3 is 30.4 Å². The Bertz CT molecular complexity index is 1600. The Labute approximate surface area is 238 Å². The smallest absolute Gasteiger partial charge is 0.349 e. The van der Waals surface area contributed by atoms with E-state index in [9.17, 15) is 9.59 Å². The molecule has 0 bridgehead atoms. The van der Waals surface area contributed by atoms with Gasteiger partial charge in [-0.3, -0.25) is 15.2 Å². The van der Waals surface area contributed by atoms with E-state index in [1.54, 1.807) is 42.5 Å². The van der Waals surface area contributed by atoms with E-state index >= 15 is 4.39 Å². The second-order valence-electron chi connectivity index (χ2n) is 8.40. The first kappa shape index (κ1) is 30.8. The lowest BCUT2D eigenvalue weighted by molar-refractivity contribution is -0.143. The summed E-state index contributed by atoms with van der Waals surface area (Å²) in [5.41, 5.74) is 5.95. The van der Waals surface area contributed by atoms with Gasteiger partial charge in [0, 0.05) is 36.0 Å². The number of carbonyl (C=O) groups excluding carboxylic acids is 1. The SMILES string of the molecule is CC(=O)O.COC(=O)COc1cc(OC)cc(C(Nc2ccc(C(=N)N)cc2)c2nn(-c3ccccn3)c(=O)[nH]2)c1F. The molecule has 15 heteroatoms. The molecule has 0 aliphatic carbocycles. The van der Waals surface area contributed by atoms with Crippen molar-refractivity contribution in [1.82, 2.24) is 19.7 Å². The molecule has 1 atom stereocenters. The highest BCUT2D eigenvalue weighted by molar-refractivity contribution is 5.95. The number of nitrogens with one attached hydrogen (secondary N) is 3. The average Bonchev–Trinajstić information content (AvgIpc) is 3.36. The molecule has 0 aliphatic rings. The van der Waals surface area contributed by atoms with Crippen LogP contribution in [0.5, 0.6) is 11.5 Å². The Morgan fingerprint density at radius 2 is 1.88 bits per heavy atom. The summed E-state index contributed by atoms with van der Waals surface area (Å²) >= 11 is 0. The van der Waals surface area contributed by atoms with Crippen LogP contribution in [-0.2, 0) is 14.3 Å². The maximum Gasteiger partial charge on any atom is 0.349 e. The normalized spacial score (nSPS) is 11.0. The fourth-order valence-electron chi connectivity index (χ4n) is 3.53. The van der Waals surface area contributed by atoms with Crippen molar-refractivity contribution in [3.8, 4) is 17.3 Å². The molecule has 0 spiro atoms. The fraction of sp³-hybridized carbons (Fsp3) is 0.185. The largest absolute Gasteiger partial charge is 0.497 e. The van der Waals surface area contributed by atoms with Crippen molar-refractivity contribution < 1.29 is 33.3 Å². The third kappa shape index (κ3) is 7.91. The van der Waals surface area contributed by atoms with E-state index < -0.39 is 36.1 Å². The number of carbonyl (C=O) groups is 2. The maximum atomic E-state index is 15.8. The third-order valence-electron chi connectivity index (χ3n) is 5.44. The molecule has 0 saturated carbocycles. The number of halogens is 1. The number of nitrogens with zero attached hydrogens (tertiary/aromatic N) is 3. The molecule has 2 aromatic heterocycles. The Hall–Kier alpha value is -5.73. The Balaban J connectivity index is 0.00000114. The standard InChI is InChI=1S/C25H24FN7O5.C2H4O2/c1-36-16-11-17(21(26)18(12-16)38-13-20(34)37-2)22(30-15-8-6-14(7-9-15)23(27)28)24-31-25(35)33(32-24)19-5-3-4-10-29-19;1-2(3)4/h3-12,22,30H,13H2,1-2H3,(H3,27,28)(H,31,32,35);1H3,(H,3,4). The molecule has 0 radical (unpaired) electrons. The number of carboxylic acids is 1. The number of anilines is 1. The van der Waals surface area contributed by atoms with Crippen LogP contribution in [0.3, 0.4) is 0 Å². The van der Waals surface area contributed by atoms with Gasteiger partial charge >= 0.3 is 11.7 Å². The number of pyridine rings is 1. The molecular weight excluding hydrogens is 553 g/mol. The van der Waals surface area contributed by atoms with Crippen LogP contribution < -0.4 is 26.2 Å². The number of hydrogen-bond acceptors (Lipinski definition) is 10. The zero-order valence-corrected chi connectivity index (χ0v) is 22.8. The van der Waals surface area contributed by atoms with E-state index in [0.717, 1.165) is 11.6 Å². The average molecular weight is 582 g/mol. The van der Waals surface area contributed by atoms with E-state index in [4.69, 9.17) is 30.5 Å². The number of amidine groups is 1. The van der Waals surface area contributed by atoms with Crippen LogP contribution in [0.25, 0.3) is 5.82 Å². The van der Waals surface area contributed by atoms with Gasteiger partial charge in [-0.25, -0.2) is 19.0 Å². The molecule has 0 aliphatic heterocycles. The number of aromatic amines is 1. The highest BCUT2D eigenvalue weighted by Gasteiger charge is 2.27. The molecule has 4 rings (SSSR count). The van der Waals surface area contributed by atoms with Crippen molar-refractivity contribution in [2.24, 2.45) is 5.73 Å². The summed E-state index contributed by atoms with van der Waals surface area (Å²) in [5.74, 6) is -2.19. The van der Waals surface area contributed by atoms with E-state index in [1.165, 1.54) is 32.5 Å². The van der Waals surface area contributed by atoms with E-state index in [1.807, 2.05) is 0 Å². The summed E-state index contributed by atoms with van der Waals surface area (Å²) in [6.07, 6.45) is 1.51. The Kier molecular flexibility index (Phi) is 10.3. The van der Waals surface area contributed by atoms with Gasteiger partial charge in [0.05, 0.1) is 14.2 Å². The summed E-state index contributed by atoms with van der Waals surface area (Å²) in [6.45, 7) is 0.551. The molecule has 42 heavy (non-hydrogen) atoms. The number of nitrogen functional groups attached to an aromatic ring is 1. The molecular formula is C27H28FN7O7. The lowest BCUT2D eigenvalue weighted by Crippen LogP contribution is -2.18. The number of ether oxygens (including phenoxy) is 3. The highest BCUT2D eigenvalue weighted by Crippen LogP contribution is 2.35. The van der Waals surface area contributed by atoms with Crippen molar-refractivity contribution in [2.75, 3.05) is 26.1 Å². The molecule has 1 unspecified atom stereocenters. The summed E-state index contributed by atoms with van der Waals surface area (Å²) in [5, 5.41) is 22.5. The zero-order chi connectivity index (χ0) is 30.8. The monoisotopic (exact) mass is 581 g/mol. The Morgan fingerprint density at radius 3 is 2.45 bits per heavy atom. The van der Waals surface area contributed by atoms with Crippen LogP contribution in [0, 0.1) is 11.2 Å². The predicted molar refractivity (Wildman–Crippen MR) is 149 cm³/mol. The van der Waals surface area contributed by atoms with Crippen LogP contribution in [0.2, 0.25) is 0 Å². The Morgan fingerprint density at radius 1 is 1.19 bits per heavy atom. The minimum Gasteiger partial charge on any atom is -0.497 e. The number of nitrogens with two attached hydrogens (primary N) is 1. The molecule has 6 N–H and O–H groups in total. The summed E-state index contributed by atoms with van der Waals surface area (Å²) in [7, 11) is 2.58. The van der Waals surface area contributed by atoms with E-state index in [2.05, 4.69) is 25.1 Å². The van der Waals surface area contributed by atoms with E-state index in [0.29, 0.717) is 11.3 Å². The van der Waals surface area contributed by atoms with Crippen molar-refractivity contribution >= 4 is 23.5 Å². The topological polar surface area (TPSA) is 208 Å². The first-order valence-corrected chi connectivity index (χ1v) is 12.1. The minimum atomic E-state index is -1.06. The fourth-order valence-corrected chi connectivity index (χ4v) is 3.53. The van der Waals surface area contributed by atoms with E-state index in [-0.39, 0.29) is 34.5 Å². The number of methoxy groups -OCH3 is 2. The van der Waals surface area contributed by atoms with Crippen molar-refractivity contribution in [2.45, 2.75) is 13.0 Å². The van der Waals surface area contributed by atoms with Gasteiger partial charge in [-0.2, -0.15) is 4.68 Å². The molecule has 2 aromatic carbocycles. The van der Waals surface area contributed by atoms with Gasteiger partial charge in [-0.1, -0.05) is 6.07 Å². The summed E-state index contributed by atoms with van der Waals surface area (Å²) in [6, 6.07) is 13.1. The molecule has 14 nitrogen and oxygen atoms in total. The quantitative estimate of drug-likeness (QED) is 0.104. The lowest BCUT2D eigenvalue weighted by atomic mass is 10.0. The highest BCUT2D eigenvalue weighted by atomic mass is 19.1. The van der Waals surface area contributed by atoms with Crippen LogP contribution in [0.1, 0.15) is 29.9 Å². The van der Waals surface area contributed by atoms with Crippen LogP contribution >= 0.6 is 0 Å². The molecule has 220 valence electrons. The van der Waals surface area contributed by atoms with Gasteiger partial charge in [-0.15, -0.1) is 5.10 Å². The molecule has 2 heterocycles. The zero-order valence-electron chi connectivity index (χ0n) is 22.8. The number of esters is 1. The molecule has 0 amide bonds. The first-order chi connectivity index (χ1) is 20.0. The number of aliphatic carboxylic acids is 1. The number of carboxylic acid groups (broad SMARTS) is 1. The van der Waals surface area contributed by atoms with Crippen LogP contribution in [-0.4, -0.2) is 63.5 Å². The third-order valence-corrected chi connectivity index (χ3v) is 5.44. The van der Waals surface area contributed by atoms with Crippen molar-refractivity contribution in [1.29, 1.82) is 5.41 Å². The van der Waals surface area contributed by atoms with Gasteiger partial charge in [0.2, 0.25) is 0 Å². The van der Waals surface area contributed by atoms with Crippen molar-refractivity contribution in [3.05, 3.63) is 94.0 Å². The lowest BCUT2D eigenvalue weighted by Gasteiger charge is -2.21.